The van der Waals surface area contributed by atoms with Crippen LogP contribution >= 0.6 is 12.6 Å². The van der Waals surface area contributed by atoms with Crippen molar-refractivity contribution >= 4 is 53.2 Å². The van der Waals surface area contributed by atoms with E-state index in [1.807, 2.05) is 6.07 Å². The van der Waals surface area contributed by atoms with Gasteiger partial charge in [-0.15, -0.1) is 0 Å². The van der Waals surface area contributed by atoms with Crippen molar-refractivity contribution in [1.82, 2.24) is 20.9 Å². The highest BCUT2D eigenvalue weighted by atomic mass is 32.1. The van der Waals surface area contributed by atoms with Crippen molar-refractivity contribution in [1.29, 1.82) is 0 Å². The largest absolute Gasteiger partial charge is 0.481 e. The Morgan fingerprint density at radius 2 is 1.38 bits per heavy atom. The number of para-hydroxylation sites is 1. The van der Waals surface area contributed by atoms with Crippen molar-refractivity contribution in [3.63, 3.8) is 0 Å². The summed E-state index contributed by atoms with van der Waals surface area (Å²) in [6, 6.07) is 11.6. The lowest BCUT2D eigenvalue weighted by molar-refractivity contribution is -0.144. The number of fused-ring (bicyclic) bond motifs is 1. The molecule has 212 valence electrons. The Balaban J connectivity index is 1.80. The van der Waals surface area contributed by atoms with E-state index in [2.05, 4.69) is 33.6 Å². The number of carboxylic acids is 2. The topological polar surface area (TPSA) is 198 Å². The standard InChI is InChI=1S/C27H30N4O8S/c32-14-21(27(38)39)31-24(35)19(11-16-13-28-18-9-5-4-8-17(16)18)29-25(36)20(12-23(33)34)30-26(37)22(40)10-15-6-2-1-3-7-15/h1-9,13,19-22,28,32,40H,10-12,14H2,(H,29,36)(H,30,37)(H,31,35)(H,33,34)(H,38,39). The highest BCUT2D eigenvalue weighted by Gasteiger charge is 2.32. The van der Waals surface area contributed by atoms with Crippen LogP contribution in [-0.4, -0.2) is 79.9 Å². The monoisotopic (exact) mass is 570 g/mol. The van der Waals surface area contributed by atoms with Gasteiger partial charge in [0, 0.05) is 23.5 Å². The third-order valence-corrected chi connectivity index (χ3v) is 6.53. The molecule has 4 atom stereocenters. The van der Waals surface area contributed by atoms with Crippen LogP contribution in [0, 0.1) is 0 Å². The number of hydrogen-bond acceptors (Lipinski definition) is 7. The minimum absolute atomic E-state index is 0.101. The number of carbonyl (C=O) groups is 5. The first-order chi connectivity index (χ1) is 19.1. The summed E-state index contributed by atoms with van der Waals surface area (Å²) in [5.41, 5.74) is 2.18. The molecule has 0 radical (unpaired) electrons. The number of amides is 3. The number of carbonyl (C=O) groups excluding carboxylic acids is 3. The summed E-state index contributed by atoms with van der Waals surface area (Å²) in [4.78, 5) is 65.0. The zero-order valence-corrected chi connectivity index (χ0v) is 22.1. The molecular weight excluding hydrogens is 540 g/mol. The molecule has 4 unspecified atom stereocenters. The fraction of sp³-hybridized carbons (Fsp3) is 0.296. The molecule has 0 aliphatic carbocycles. The van der Waals surface area contributed by atoms with Gasteiger partial charge in [-0.25, -0.2) is 4.79 Å². The average Bonchev–Trinajstić information content (AvgIpc) is 3.33. The summed E-state index contributed by atoms with van der Waals surface area (Å²) >= 11 is 4.30. The van der Waals surface area contributed by atoms with E-state index in [0.717, 1.165) is 16.5 Å². The maximum Gasteiger partial charge on any atom is 0.328 e. The number of aromatic nitrogens is 1. The van der Waals surface area contributed by atoms with Gasteiger partial charge in [-0.05, 0) is 23.6 Å². The number of nitrogens with one attached hydrogen (secondary N) is 4. The third-order valence-electron chi connectivity index (χ3n) is 6.12. The summed E-state index contributed by atoms with van der Waals surface area (Å²) in [6.07, 6.45) is 0.972. The van der Waals surface area contributed by atoms with Crippen LogP contribution in [0.2, 0.25) is 0 Å². The van der Waals surface area contributed by atoms with E-state index in [9.17, 15) is 39.3 Å². The molecular formula is C27H30N4O8S. The summed E-state index contributed by atoms with van der Waals surface area (Å²) < 4.78 is 0. The number of rotatable bonds is 14. The van der Waals surface area contributed by atoms with Crippen LogP contribution in [0.25, 0.3) is 10.9 Å². The van der Waals surface area contributed by atoms with Gasteiger partial charge >= 0.3 is 11.9 Å². The molecule has 0 aliphatic rings. The second-order valence-corrected chi connectivity index (χ2v) is 9.69. The zero-order valence-electron chi connectivity index (χ0n) is 21.2. The fourth-order valence-corrected chi connectivity index (χ4v) is 4.33. The third kappa shape index (κ3) is 8.32. The minimum Gasteiger partial charge on any atom is -0.481 e. The van der Waals surface area contributed by atoms with Gasteiger partial charge < -0.3 is 36.3 Å². The normalized spacial score (nSPS) is 13.9. The molecule has 0 spiro atoms. The molecule has 2 aromatic carbocycles. The number of aliphatic carboxylic acids is 2. The Hall–Kier alpha value is -4.36. The second-order valence-electron chi connectivity index (χ2n) is 9.07. The second kappa shape index (κ2) is 14.1. The Morgan fingerprint density at radius 3 is 2.02 bits per heavy atom. The van der Waals surface area contributed by atoms with E-state index < -0.39 is 66.1 Å². The van der Waals surface area contributed by atoms with Gasteiger partial charge in [0.25, 0.3) is 0 Å². The number of aromatic amines is 1. The highest BCUT2D eigenvalue weighted by molar-refractivity contribution is 7.81. The van der Waals surface area contributed by atoms with E-state index in [1.165, 1.54) is 0 Å². The van der Waals surface area contributed by atoms with Crippen molar-refractivity contribution in [2.24, 2.45) is 0 Å². The Labute approximate surface area is 234 Å². The first-order valence-corrected chi connectivity index (χ1v) is 12.8. The number of thiol groups is 1. The van der Waals surface area contributed by atoms with Gasteiger partial charge in [0.1, 0.15) is 18.1 Å². The first-order valence-electron chi connectivity index (χ1n) is 12.3. The molecule has 0 saturated heterocycles. The molecule has 13 heteroatoms. The SMILES string of the molecule is O=C(O)CC(NC(=O)C(S)Cc1ccccc1)C(=O)NC(Cc1c[nH]c2ccccc12)C(=O)NC(CO)C(=O)O. The maximum absolute atomic E-state index is 13.2. The van der Waals surface area contributed by atoms with Crippen molar-refractivity contribution < 1.29 is 39.3 Å². The van der Waals surface area contributed by atoms with Crippen LogP contribution in [0.1, 0.15) is 17.5 Å². The van der Waals surface area contributed by atoms with Crippen LogP contribution in [0.15, 0.2) is 60.8 Å². The lowest BCUT2D eigenvalue weighted by atomic mass is 10.0. The molecule has 0 fully saturated rings. The van der Waals surface area contributed by atoms with Gasteiger partial charge in [0.2, 0.25) is 17.7 Å². The molecule has 0 saturated carbocycles. The Bertz CT molecular complexity index is 1360. The number of hydrogen-bond donors (Lipinski definition) is 8. The predicted octanol–water partition coefficient (Wildman–Crippen LogP) is 0.258. The van der Waals surface area contributed by atoms with E-state index in [-0.39, 0.29) is 12.8 Å². The van der Waals surface area contributed by atoms with E-state index in [1.54, 1.807) is 54.7 Å². The molecule has 0 bridgehead atoms. The van der Waals surface area contributed by atoms with Crippen molar-refractivity contribution in [3.8, 4) is 0 Å². The Morgan fingerprint density at radius 1 is 0.775 bits per heavy atom. The number of aliphatic hydroxyl groups excluding tert-OH is 1. The predicted molar refractivity (Wildman–Crippen MR) is 148 cm³/mol. The molecule has 3 rings (SSSR count). The van der Waals surface area contributed by atoms with Gasteiger partial charge in [0.05, 0.1) is 18.3 Å². The van der Waals surface area contributed by atoms with Crippen LogP contribution in [0.5, 0.6) is 0 Å². The lowest BCUT2D eigenvalue weighted by Gasteiger charge is -2.24. The maximum atomic E-state index is 13.2. The molecule has 7 N–H and O–H groups in total. The smallest absolute Gasteiger partial charge is 0.328 e. The van der Waals surface area contributed by atoms with Gasteiger partial charge in [-0.3, -0.25) is 19.2 Å². The first kappa shape index (κ1) is 30.2. The molecule has 3 aromatic rings. The molecule has 12 nitrogen and oxygen atoms in total. The van der Waals surface area contributed by atoms with Gasteiger partial charge in [-0.1, -0.05) is 48.5 Å². The molecule has 40 heavy (non-hydrogen) atoms. The minimum atomic E-state index is -1.63. The van der Waals surface area contributed by atoms with Gasteiger partial charge in [0.15, 0.2) is 0 Å². The van der Waals surface area contributed by atoms with Gasteiger partial charge in [-0.2, -0.15) is 12.6 Å². The Kier molecular flexibility index (Phi) is 10.7. The van der Waals surface area contributed by atoms with Crippen LogP contribution in [0.3, 0.4) is 0 Å². The summed E-state index contributed by atoms with van der Waals surface area (Å²) in [5.74, 6) is -5.42. The molecule has 0 aliphatic heterocycles. The molecule has 1 heterocycles. The number of carboxylic acid groups (broad SMARTS) is 2. The van der Waals surface area contributed by atoms with Crippen LogP contribution in [-0.2, 0) is 36.8 Å². The fourth-order valence-electron chi connectivity index (χ4n) is 4.04. The van der Waals surface area contributed by atoms with Crippen molar-refractivity contribution in [2.45, 2.75) is 42.6 Å². The lowest BCUT2D eigenvalue weighted by Crippen LogP contribution is -2.57. The van der Waals surface area contributed by atoms with E-state index in [0.29, 0.717) is 5.56 Å². The highest BCUT2D eigenvalue weighted by Crippen LogP contribution is 2.19. The molecule has 1 aromatic heterocycles. The molecule has 3 amide bonds. The quantitative estimate of drug-likeness (QED) is 0.126. The van der Waals surface area contributed by atoms with E-state index in [4.69, 9.17) is 0 Å². The van der Waals surface area contributed by atoms with Crippen LogP contribution in [0.4, 0.5) is 0 Å². The van der Waals surface area contributed by atoms with Crippen molar-refractivity contribution in [2.75, 3.05) is 6.61 Å². The zero-order chi connectivity index (χ0) is 29.2. The number of benzene rings is 2. The van der Waals surface area contributed by atoms with E-state index >= 15 is 0 Å². The number of aliphatic hydroxyl groups is 1. The van der Waals surface area contributed by atoms with Crippen LogP contribution < -0.4 is 16.0 Å². The average molecular weight is 571 g/mol. The summed E-state index contributed by atoms with van der Waals surface area (Å²) in [6.45, 7) is -0.892. The summed E-state index contributed by atoms with van der Waals surface area (Å²) in [7, 11) is 0. The van der Waals surface area contributed by atoms with Crippen molar-refractivity contribution in [3.05, 3.63) is 71.9 Å². The summed E-state index contributed by atoms with van der Waals surface area (Å²) in [5, 5.41) is 34.8. The number of H-pyrrole nitrogens is 1.